The van der Waals surface area contributed by atoms with E-state index in [0.29, 0.717) is 17.9 Å². The summed E-state index contributed by atoms with van der Waals surface area (Å²) in [6, 6.07) is 2.72. The minimum Gasteiger partial charge on any atom is -0.397 e. The van der Waals surface area contributed by atoms with Gasteiger partial charge in [-0.15, -0.1) is 11.3 Å². The molecule has 0 radical (unpaired) electrons. The van der Waals surface area contributed by atoms with Crippen molar-refractivity contribution in [1.29, 1.82) is 0 Å². The molecule has 0 saturated carbocycles. The monoisotopic (exact) mass is 285 g/mol. The van der Waals surface area contributed by atoms with E-state index in [9.17, 15) is 4.39 Å². The van der Waals surface area contributed by atoms with Crippen molar-refractivity contribution in [3.05, 3.63) is 39.6 Å². The Morgan fingerprint density at radius 2 is 2.33 bits per heavy atom. The first-order valence-corrected chi connectivity index (χ1v) is 6.71. The molecule has 2 aromatic rings. The molecule has 0 amide bonds. The number of halogens is 2. The van der Waals surface area contributed by atoms with Crippen molar-refractivity contribution in [1.82, 2.24) is 4.98 Å². The van der Waals surface area contributed by atoms with E-state index in [1.807, 2.05) is 5.38 Å². The van der Waals surface area contributed by atoms with E-state index in [0.717, 1.165) is 5.01 Å². The second-order valence-corrected chi connectivity index (χ2v) is 5.34. The van der Waals surface area contributed by atoms with Gasteiger partial charge in [0.1, 0.15) is 5.82 Å². The van der Waals surface area contributed by atoms with E-state index in [1.54, 1.807) is 17.5 Å². The fourth-order valence-electron chi connectivity index (χ4n) is 1.54. The van der Waals surface area contributed by atoms with Crippen molar-refractivity contribution in [2.45, 2.75) is 12.8 Å². The number of anilines is 2. The number of benzene rings is 1. The van der Waals surface area contributed by atoms with Gasteiger partial charge in [-0.3, -0.25) is 0 Å². The summed E-state index contributed by atoms with van der Waals surface area (Å²) in [6.07, 6.45) is 1.78. The Hall–Kier alpha value is -1.33. The number of hydrogen-bond donors (Lipinski definition) is 2. The summed E-state index contributed by atoms with van der Waals surface area (Å²) in [6.45, 7) is 2.73. The predicted octanol–water partition coefficient (Wildman–Crippen LogP) is 3.73. The van der Waals surface area contributed by atoms with Crippen LogP contribution in [0.3, 0.4) is 0 Å². The highest BCUT2D eigenvalue weighted by molar-refractivity contribution is 7.09. The molecular formula is C12H13ClFN3S. The minimum absolute atomic E-state index is 0.0635. The second-order valence-electron chi connectivity index (χ2n) is 4.01. The maximum Gasteiger partial charge on any atom is 0.143 e. The highest BCUT2D eigenvalue weighted by Gasteiger charge is 2.10. The van der Waals surface area contributed by atoms with Crippen LogP contribution in [0.2, 0.25) is 5.02 Å². The number of aromatic nitrogens is 1. The van der Waals surface area contributed by atoms with E-state index in [-0.39, 0.29) is 10.9 Å². The lowest BCUT2D eigenvalue weighted by Crippen LogP contribution is -2.11. The third-order valence-electron chi connectivity index (χ3n) is 2.56. The molecule has 18 heavy (non-hydrogen) atoms. The molecular weight excluding hydrogens is 273 g/mol. The molecule has 3 N–H and O–H groups in total. The SMILES string of the molecule is CC(CNc1cc(Cl)c(F)cc1N)c1nccs1. The molecule has 0 fully saturated rings. The van der Waals surface area contributed by atoms with Crippen molar-refractivity contribution < 1.29 is 4.39 Å². The molecule has 0 aliphatic rings. The summed E-state index contributed by atoms with van der Waals surface area (Å²) in [5, 5.41) is 6.21. The van der Waals surface area contributed by atoms with Crippen molar-refractivity contribution >= 4 is 34.3 Å². The van der Waals surface area contributed by atoms with Gasteiger partial charge in [-0.05, 0) is 6.07 Å². The number of nitrogen functional groups attached to an aromatic ring is 1. The summed E-state index contributed by atoms with van der Waals surface area (Å²) in [5.74, 6) is -0.249. The van der Waals surface area contributed by atoms with Gasteiger partial charge in [-0.1, -0.05) is 18.5 Å². The molecule has 1 unspecified atom stereocenters. The van der Waals surface area contributed by atoms with Gasteiger partial charge >= 0.3 is 0 Å². The van der Waals surface area contributed by atoms with Gasteiger partial charge in [0.25, 0.3) is 0 Å². The highest BCUT2D eigenvalue weighted by Crippen LogP contribution is 2.27. The fourth-order valence-corrected chi connectivity index (χ4v) is 2.41. The Kier molecular flexibility index (Phi) is 4.04. The average Bonchev–Trinajstić information content (AvgIpc) is 2.85. The van der Waals surface area contributed by atoms with Gasteiger partial charge < -0.3 is 11.1 Å². The van der Waals surface area contributed by atoms with Crippen LogP contribution in [0.15, 0.2) is 23.7 Å². The van der Waals surface area contributed by atoms with Gasteiger partial charge in [0.2, 0.25) is 0 Å². The zero-order valence-corrected chi connectivity index (χ0v) is 11.4. The van der Waals surface area contributed by atoms with Crippen LogP contribution in [-0.2, 0) is 0 Å². The van der Waals surface area contributed by atoms with E-state index in [2.05, 4.69) is 17.2 Å². The predicted molar refractivity (Wildman–Crippen MR) is 74.8 cm³/mol. The van der Waals surface area contributed by atoms with E-state index in [1.165, 1.54) is 12.1 Å². The summed E-state index contributed by atoms with van der Waals surface area (Å²) >= 11 is 7.33. The van der Waals surface area contributed by atoms with Gasteiger partial charge in [0.15, 0.2) is 0 Å². The molecule has 1 aromatic carbocycles. The number of nitrogens with two attached hydrogens (primary N) is 1. The number of nitrogens with one attached hydrogen (secondary N) is 1. The maximum atomic E-state index is 13.1. The molecule has 0 aliphatic carbocycles. The molecule has 0 aliphatic heterocycles. The summed E-state index contributed by atoms with van der Waals surface area (Å²) < 4.78 is 13.1. The number of nitrogens with zero attached hydrogens (tertiary/aromatic N) is 1. The Balaban J connectivity index is 2.04. The van der Waals surface area contributed by atoms with Gasteiger partial charge in [0, 0.05) is 30.1 Å². The quantitative estimate of drug-likeness (QED) is 0.842. The molecule has 1 heterocycles. The van der Waals surface area contributed by atoms with Crippen LogP contribution < -0.4 is 11.1 Å². The van der Waals surface area contributed by atoms with Crippen molar-refractivity contribution in [3.63, 3.8) is 0 Å². The van der Waals surface area contributed by atoms with Crippen LogP contribution in [0.4, 0.5) is 15.8 Å². The Morgan fingerprint density at radius 3 is 3.00 bits per heavy atom. The standard InChI is InChI=1S/C12H13ClFN3S/c1-7(12-16-2-3-18-12)6-17-11-4-8(13)9(14)5-10(11)15/h2-5,7,17H,6,15H2,1H3. The van der Waals surface area contributed by atoms with Crippen LogP contribution >= 0.6 is 22.9 Å². The molecule has 1 aromatic heterocycles. The van der Waals surface area contributed by atoms with Crippen LogP contribution in [0.1, 0.15) is 17.8 Å². The maximum absolute atomic E-state index is 13.1. The Bertz CT molecular complexity index is 530. The minimum atomic E-state index is -0.507. The molecule has 0 bridgehead atoms. The molecule has 3 nitrogen and oxygen atoms in total. The van der Waals surface area contributed by atoms with Crippen LogP contribution in [0, 0.1) is 5.82 Å². The second kappa shape index (κ2) is 5.54. The smallest absolute Gasteiger partial charge is 0.143 e. The highest BCUT2D eigenvalue weighted by atomic mass is 35.5. The third kappa shape index (κ3) is 2.91. The van der Waals surface area contributed by atoms with Crippen LogP contribution in [0.25, 0.3) is 0 Å². The van der Waals surface area contributed by atoms with Gasteiger partial charge in [-0.2, -0.15) is 0 Å². The molecule has 0 saturated heterocycles. The Morgan fingerprint density at radius 1 is 1.56 bits per heavy atom. The fraction of sp³-hybridized carbons (Fsp3) is 0.250. The van der Waals surface area contributed by atoms with Crippen molar-refractivity contribution in [3.8, 4) is 0 Å². The van der Waals surface area contributed by atoms with E-state index >= 15 is 0 Å². The first-order chi connectivity index (χ1) is 8.58. The van der Waals surface area contributed by atoms with Crippen molar-refractivity contribution in [2.24, 2.45) is 0 Å². The lowest BCUT2D eigenvalue weighted by atomic mass is 10.2. The van der Waals surface area contributed by atoms with Crippen LogP contribution in [0.5, 0.6) is 0 Å². The largest absolute Gasteiger partial charge is 0.397 e. The van der Waals surface area contributed by atoms with E-state index < -0.39 is 5.82 Å². The number of thiazole rings is 1. The lowest BCUT2D eigenvalue weighted by molar-refractivity contribution is 0.629. The third-order valence-corrected chi connectivity index (χ3v) is 3.86. The summed E-state index contributed by atoms with van der Waals surface area (Å²) in [7, 11) is 0. The zero-order chi connectivity index (χ0) is 13.1. The van der Waals surface area contributed by atoms with E-state index in [4.69, 9.17) is 17.3 Å². The zero-order valence-electron chi connectivity index (χ0n) is 9.78. The first-order valence-electron chi connectivity index (χ1n) is 5.45. The molecule has 96 valence electrons. The summed E-state index contributed by atoms with van der Waals surface area (Å²) in [5.41, 5.74) is 6.71. The Labute approximate surface area is 114 Å². The molecule has 6 heteroatoms. The lowest BCUT2D eigenvalue weighted by Gasteiger charge is -2.13. The van der Waals surface area contributed by atoms with Gasteiger partial charge in [0.05, 0.1) is 21.4 Å². The average molecular weight is 286 g/mol. The van der Waals surface area contributed by atoms with Crippen molar-refractivity contribution in [2.75, 3.05) is 17.6 Å². The molecule has 1 atom stereocenters. The normalized spacial score (nSPS) is 12.4. The van der Waals surface area contributed by atoms with Crippen LogP contribution in [-0.4, -0.2) is 11.5 Å². The number of hydrogen-bond acceptors (Lipinski definition) is 4. The topological polar surface area (TPSA) is 50.9 Å². The molecule has 0 spiro atoms. The summed E-state index contributed by atoms with van der Waals surface area (Å²) in [4.78, 5) is 4.24. The van der Waals surface area contributed by atoms with Gasteiger partial charge in [-0.25, -0.2) is 9.37 Å². The molecule has 2 rings (SSSR count). The number of rotatable bonds is 4. The first kappa shape index (κ1) is 13.1.